The number of fused-ring (bicyclic) bond motifs is 6. The molecule has 2 saturated heterocycles. The molecule has 1 aromatic heterocycles. The number of urea groups is 1. The number of alkyl halides is 2. The summed E-state index contributed by atoms with van der Waals surface area (Å²) in [6.45, 7) is 14.8. The molecule has 6 rings (SSSR count). The standard InChI is InChI=1S/C64H85Br2ClN6O14/c1-36(2)45(30-43(74)17-11-12-23-62(6,7)87-59(79)42(34-65)35-66)58(78)71-47(19-15-25-70-60(68)80)49(75)29-41-21-22-46(44-18-14-24-69-56(41)44)72-61(81)85-52-31-53(76)73(9)48-28-40(27-38(4)55(48)67)26-37(3)16-13-20-51(83-10)64(82)32-50(84-54(77)33-64)39(5)57-63(52,8)86-57/h13-14,16,18,20-22,24,27-28,36,39,42,45,47,50-52,57,82H,11-12,15,17,19,23,25-26,29-35H2,1-10H3,(H,71,78)(H,72,81)(H3,68,70,80)/b20-13+,37-16+/t39-,45+,47+,50+,51-,52+,57+,63+,64-/m1/s1. The number of ketones is 2. The van der Waals surface area contributed by atoms with Crippen molar-refractivity contribution in [2.24, 2.45) is 29.4 Å². The van der Waals surface area contributed by atoms with Crippen LogP contribution in [0.25, 0.3) is 10.9 Å². The van der Waals surface area contributed by atoms with E-state index in [9.17, 15) is 43.5 Å². The Bertz CT molecular complexity index is 3080. The number of unbranched alkanes of at least 4 members (excludes halogenated alkanes) is 1. The lowest BCUT2D eigenvalue weighted by Gasteiger charge is -2.41. The fourth-order valence-corrected chi connectivity index (χ4v) is 13.3. The molecule has 0 aliphatic carbocycles. The number of halogens is 3. The molecule has 3 aromatic rings. The number of aliphatic hydroxyl groups is 1. The van der Waals surface area contributed by atoms with Crippen molar-refractivity contribution in [1.82, 2.24) is 15.6 Å². The number of carbonyl (C=O) groups is 8. The number of aromatic nitrogens is 1. The summed E-state index contributed by atoms with van der Waals surface area (Å²) in [5.41, 5.74) is 5.77. The number of hydrogen-bond acceptors (Lipinski definition) is 15. The van der Waals surface area contributed by atoms with E-state index in [0.29, 0.717) is 63.5 Å². The van der Waals surface area contributed by atoms with Crippen molar-refractivity contribution in [3.05, 3.63) is 88.1 Å². The molecule has 476 valence electrons. The van der Waals surface area contributed by atoms with E-state index < -0.39 is 89.0 Å². The van der Waals surface area contributed by atoms with Gasteiger partial charge in [-0.2, -0.15) is 0 Å². The molecular formula is C64H85Br2ClN6O14. The fourth-order valence-electron chi connectivity index (χ4n) is 11.5. The molecule has 0 radical (unpaired) electrons. The largest absolute Gasteiger partial charge is 0.462 e. The molecule has 3 aliphatic rings. The van der Waals surface area contributed by atoms with Gasteiger partial charge in [-0.25, -0.2) is 9.59 Å². The third-order valence-electron chi connectivity index (χ3n) is 16.7. The Labute approximate surface area is 531 Å². The molecule has 2 fully saturated rings. The molecule has 20 nitrogen and oxygen atoms in total. The van der Waals surface area contributed by atoms with E-state index in [1.807, 2.05) is 66.7 Å². The minimum atomic E-state index is -1.64. The first-order valence-electron chi connectivity index (χ1n) is 29.6. The van der Waals surface area contributed by atoms with E-state index in [1.165, 1.54) is 18.2 Å². The molecule has 5 amide bonds. The summed E-state index contributed by atoms with van der Waals surface area (Å²) in [6.07, 6.45) is 4.17. The summed E-state index contributed by atoms with van der Waals surface area (Å²) in [4.78, 5) is 114. The second-order valence-corrected chi connectivity index (χ2v) is 26.2. The van der Waals surface area contributed by atoms with Gasteiger partial charge in [-0.1, -0.05) is 100 Å². The predicted molar refractivity (Wildman–Crippen MR) is 339 cm³/mol. The number of benzene rings is 2. The minimum absolute atomic E-state index is 0.00682. The summed E-state index contributed by atoms with van der Waals surface area (Å²) < 4.78 is 30.0. The monoisotopic (exact) mass is 1350 g/mol. The van der Waals surface area contributed by atoms with Gasteiger partial charge in [0, 0.05) is 80.5 Å². The second kappa shape index (κ2) is 31.1. The van der Waals surface area contributed by atoms with Crippen molar-refractivity contribution in [2.45, 2.75) is 180 Å². The molecule has 4 bridgehead atoms. The molecule has 0 spiro atoms. The lowest BCUT2D eigenvalue weighted by molar-refractivity contribution is -0.187. The zero-order valence-electron chi connectivity index (χ0n) is 51.4. The van der Waals surface area contributed by atoms with Crippen LogP contribution in [0.1, 0.15) is 129 Å². The second-order valence-electron chi connectivity index (χ2n) is 24.5. The first-order chi connectivity index (χ1) is 41.0. The van der Waals surface area contributed by atoms with Crippen molar-refractivity contribution in [1.29, 1.82) is 0 Å². The third-order valence-corrected chi connectivity index (χ3v) is 18.8. The van der Waals surface area contributed by atoms with Crippen LogP contribution in [0.15, 0.2) is 66.4 Å². The number of epoxide rings is 1. The number of esters is 2. The van der Waals surface area contributed by atoms with Crippen LogP contribution in [0.4, 0.5) is 21.0 Å². The number of aryl methyl sites for hydroxylation is 1. The number of amides is 5. The van der Waals surface area contributed by atoms with Crippen molar-refractivity contribution < 1.29 is 67.1 Å². The highest BCUT2D eigenvalue weighted by molar-refractivity contribution is 9.09. The zero-order chi connectivity index (χ0) is 64.1. The van der Waals surface area contributed by atoms with Crippen LogP contribution in [0, 0.1) is 30.6 Å². The van der Waals surface area contributed by atoms with Crippen LogP contribution >= 0.6 is 43.5 Å². The average Bonchev–Trinajstić information content (AvgIpc) is 1.60. The fraction of sp³-hybridized carbons (Fsp3) is 0.578. The smallest absolute Gasteiger partial charge is 0.412 e. The van der Waals surface area contributed by atoms with Crippen molar-refractivity contribution >= 4 is 113 Å². The van der Waals surface area contributed by atoms with Crippen LogP contribution in [-0.2, 0) is 65.3 Å². The van der Waals surface area contributed by atoms with Gasteiger partial charge >= 0.3 is 24.1 Å². The SMILES string of the molecule is CO[C@@H]1/C=C/C=C(\C)Cc2cc(C)c(Cl)c(c2)N(C)C(=O)C[C@H](OC(=O)Nc2ccc(CC(=O)[C@H](CCCNC(N)=O)NC(=O)[C@@H](CC(=O)CCCCC(C)(C)OC(=O)C(CBr)CBr)C(C)C)c3ncccc23)[C@]2(C)O[C@H]2[C@H](C)[C@@H]2C[C@@]1(O)CC(=O)O2. The van der Waals surface area contributed by atoms with Gasteiger partial charge in [-0.3, -0.25) is 39.1 Å². The molecule has 4 heterocycles. The van der Waals surface area contributed by atoms with Gasteiger partial charge in [0.05, 0.1) is 52.8 Å². The van der Waals surface area contributed by atoms with Crippen molar-refractivity contribution in [3.63, 3.8) is 0 Å². The molecular weight excluding hydrogens is 1270 g/mol. The topological polar surface area (TPSA) is 284 Å². The Hall–Kier alpha value is -5.78. The van der Waals surface area contributed by atoms with Gasteiger partial charge in [0.25, 0.3) is 0 Å². The number of allylic oxidation sites excluding steroid dienone is 3. The summed E-state index contributed by atoms with van der Waals surface area (Å²) in [6, 6.07) is 8.59. The van der Waals surface area contributed by atoms with Crippen LogP contribution in [0.5, 0.6) is 0 Å². The molecule has 3 aliphatic heterocycles. The highest BCUT2D eigenvalue weighted by atomic mass is 79.9. The van der Waals surface area contributed by atoms with Crippen molar-refractivity contribution in [2.75, 3.05) is 41.6 Å². The first kappa shape index (κ1) is 70.3. The van der Waals surface area contributed by atoms with E-state index in [0.717, 1.165) is 16.7 Å². The van der Waals surface area contributed by atoms with Gasteiger partial charge in [-0.15, -0.1) is 0 Å². The lowest BCUT2D eigenvalue weighted by atomic mass is 9.78. The Morgan fingerprint density at radius 2 is 1.77 bits per heavy atom. The number of methoxy groups -OCH3 is 1. The van der Waals surface area contributed by atoms with Crippen LogP contribution in [0.2, 0.25) is 5.02 Å². The first-order valence-corrected chi connectivity index (χ1v) is 32.2. The average molecular weight is 1360 g/mol. The summed E-state index contributed by atoms with van der Waals surface area (Å²) in [5, 5.41) is 22.1. The van der Waals surface area contributed by atoms with E-state index in [2.05, 4.69) is 52.8 Å². The minimum Gasteiger partial charge on any atom is -0.462 e. The zero-order valence-corrected chi connectivity index (χ0v) is 55.4. The number of nitrogens with one attached hydrogen (secondary N) is 3. The van der Waals surface area contributed by atoms with Gasteiger partial charge < -0.3 is 50.1 Å². The Balaban J connectivity index is 1.20. The highest BCUT2D eigenvalue weighted by Gasteiger charge is 2.64. The van der Waals surface area contributed by atoms with Gasteiger partial charge in [0.15, 0.2) is 5.78 Å². The van der Waals surface area contributed by atoms with E-state index in [1.54, 1.807) is 50.4 Å². The van der Waals surface area contributed by atoms with Gasteiger partial charge in [0.1, 0.15) is 40.9 Å². The van der Waals surface area contributed by atoms with Crippen LogP contribution in [-0.4, -0.2) is 136 Å². The summed E-state index contributed by atoms with van der Waals surface area (Å²) in [7, 11) is 3.06. The molecule has 23 heteroatoms. The maximum atomic E-state index is 14.5. The van der Waals surface area contributed by atoms with E-state index in [4.69, 9.17) is 41.0 Å². The van der Waals surface area contributed by atoms with Gasteiger partial charge in [-0.05, 0) is 120 Å². The molecule has 0 saturated carbocycles. The molecule has 6 N–H and O–H groups in total. The number of anilines is 2. The quantitative estimate of drug-likeness (QED) is 0.0183. The van der Waals surface area contributed by atoms with E-state index in [-0.39, 0.29) is 93.0 Å². The molecule has 9 atom stereocenters. The number of Topliss-reactive ketones (excluding diaryl/α,β-unsaturated/α-hetero) is 2. The number of pyridine rings is 1. The maximum absolute atomic E-state index is 14.5. The number of primary amides is 1. The summed E-state index contributed by atoms with van der Waals surface area (Å²) in [5.74, 6) is -4.26. The molecule has 0 unspecified atom stereocenters. The Morgan fingerprint density at radius 3 is 2.45 bits per heavy atom. The third kappa shape index (κ3) is 18.9. The molecule has 87 heavy (non-hydrogen) atoms. The number of carbonyl (C=O) groups excluding carboxylic acids is 8. The maximum Gasteiger partial charge on any atom is 0.412 e. The Morgan fingerprint density at radius 1 is 1.05 bits per heavy atom. The number of hydrogen-bond donors (Lipinski definition) is 5. The predicted octanol–water partition coefficient (Wildman–Crippen LogP) is 10.0. The number of ether oxygens (including phenoxy) is 5. The normalized spacial score (nSPS) is 24.2. The summed E-state index contributed by atoms with van der Waals surface area (Å²) >= 11 is 13.6. The number of nitrogens with two attached hydrogens (primary N) is 1. The van der Waals surface area contributed by atoms with Crippen LogP contribution in [0.3, 0.4) is 0 Å². The van der Waals surface area contributed by atoms with Crippen LogP contribution < -0.4 is 26.6 Å². The molecule has 2 aromatic carbocycles. The Kier molecular flexibility index (Phi) is 25.1. The van der Waals surface area contributed by atoms with Gasteiger partial charge in [0.2, 0.25) is 11.8 Å². The lowest BCUT2D eigenvalue weighted by Crippen LogP contribution is -2.53. The van der Waals surface area contributed by atoms with E-state index >= 15 is 0 Å². The number of rotatable bonds is 24. The highest BCUT2D eigenvalue weighted by Crippen LogP contribution is 2.50. The van der Waals surface area contributed by atoms with Crippen molar-refractivity contribution in [3.8, 4) is 0 Å². The number of nitrogens with zero attached hydrogens (tertiary/aromatic N) is 2.